The molecule has 23 heavy (non-hydrogen) atoms. The molecule has 0 aromatic heterocycles. The fraction of sp³-hybridized carbons (Fsp3) is 0.467. The number of aliphatic carboxylic acids is 1. The molecule has 2 fully saturated rings. The molecule has 1 aliphatic carbocycles. The fourth-order valence-electron chi connectivity index (χ4n) is 3.08. The van der Waals surface area contributed by atoms with E-state index in [4.69, 9.17) is 11.6 Å². The van der Waals surface area contributed by atoms with Gasteiger partial charge in [0.1, 0.15) is 6.04 Å². The van der Waals surface area contributed by atoms with Gasteiger partial charge in [-0.15, -0.1) is 0 Å². The van der Waals surface area contributed by atoms with Crippen LogP contribution in [0.3, 0.4) is 0 Å². The summed E-state index contributed by atoms with van der Waals surface area (Å²) in [5.41, 5.74) is 0.879. The lowest BCUT2D eigenvalue weighted by molar-refractivity contribution is -0.149. The number of hydrogen-bond donors (Lipinski definition) is 1. The Morgan fingerprint density at radius 1 is 1.26 bits per heavy atom. The van der Waals surface area contributed by atoms with Crippen LogP contribution in [0.1, 0.15) is 17.9 Å². The first kappa shape index (κ1) is 16.3. The number of sulfone groups is 1. The molecule has 8 heteroatoms. The highest BCUT2D eigenvalue weighted by Crippen LogP contribution is 2.50. The summed E-state index contributed by atoms with van der Waals surface area (Å²) in [4.78, 5) is 25.1. The van der Waals surface area contributed by atoms with E-state index < -0.39 is 27.6 Å². The molecule has 0 radical (unpaired) electrons. The minimum absolute atomic E-state index is 0.0239. The third-order valence-corrected chi connectivity index (χ3v) is 6.38. The topological polar surface area (TPSA) is 91.8 Å². The van der Waals surface area contributed by atoms with Crippen LogP contribution < -0.4 is 0 Å². The van der Waals surface area contributed by atoms with E-state index in [1.165, 1.54) is 4.90 Å². The first-order chi connectivity index (χ1) is 10.8. The van der Waals surface area contributed by atoms with Gasteiger partial charge in [-0.2, -0.15) is 0 Å². The Hall–Kier alpha value is -1.60. The highest BCUT2D eigenvalue weighted by atomic mass is 35.5. The number of nitrogens with zero attached hydrogens (tertiary/aromatic N) is 1. The van der Waals surface area contributed by atoms with Crippen LogP contribution in [0, 0.1) is 5.92 Å². The number of amides is 1. The van der Waals surface area contributed by atoms with E-state index >= 15 is 0 Å². The quantitative estimate of drug-likeness (QED) is 0.876. The Morgan fingerprint density at radius 2 is 1.96 bits per heavy atom. The van der Waals surface area contributed by atoms with Gasteiger partial charge in [-0.1, -0.05) is 29.8 Å². The van der Waals surface area contributed by atoms with E-state index in [0.717, 1.165) is 5.56 Å². The zero-order chi connectivity index (χ0) is 16.8. The maximum atomic E-state index is 12.6. The number of hydrogen-bond acceptors (Lipinski definition) is 4. The fourth-order valence-corrected chi connectivity index (χ4v) is 4.80. The molecule has 3 unspecified atom stereocenters. The molecule has 1 saturated carbocycles. The van der Waals surface area contributed by atoms with Gasteiger partial charge in [0, 0.05) is 17.5 Å². The molecule has 3 rings (SSSR count). The van der Waals surface area contributed by atoms with Crippen molar-refractivity contribution in [3.63, 3.8) is 0 Å². The zero-order valence-corrected chi connectivity index (χ0v) is 13.8. The number of halogens is 1. The summed E-state index contributed by atoms with van der Waals surface area (Å²) in [5, 5.41) is 9.83. The number of carboxylic acid groups (broad SMARTS) is 1. The molecule has 2 aliphatic rings. The zero-order valence-electron chi connectivity index (χ0n) is 12.2. The second-order valence-electron chi connectivity index (χ2n) is 5.97. The number of carboxylic acids is 1. The Kier molecular flexibility index (Phi) is 4.10. The molecule has 6 nitrogen and oxygen atoms in total. The molecule has 124 valence electrons. The largest absolute Gasteiger partial charge is 0.480 e. The smallest absolute Gasteiger partial charge is 0.327 e. The Labute approximate surface area is 139 Å². The van der Waals surface area contributed by atoms with Crippen molar-refractivity contribution in [3.8, 4) is 0 Å². The molecule has 1 amide bonds. The van der Waals surface area contributed by atoms with Crippen LogP contribution in [0.25, 0.3) is 0 Å². The van der Waals surface area contributed by atoms with E-state index in [9.17, 15) is 23.1 Å². The molecule has 1 heterocycles. The highest BCUT2D eigenvalue weighted by Gasteiger charge is 2.50. The van der Waals surface area contributed by atoms with Gasteiger partial charge < -0.3 is 10.0 Å². The average Bonchev–Trinajstić information content (AvgIpc) is 3.26. The maximum Gasteiger partial charge on any atom is 0.327 e. The molecular formula is C15H16ClNO5S. The summed E-state index contributed by atoms with van der Waals surface area (Å²) >= 11 is 6.13. The lowest BCUT2D eigenvalue weighted by atomic mass is 10.1. The highest BCUT2D eigenvalue weighted by molar-refractivity contribution is 7.91. The van der Waals surface area contributed by atoms with Crippen molar-refractivity contribution in [2.75, 3.05) is 18.1 Å². The number of benzene rings is 1. The van der Waals surface area contributed by atoms with Crippen LogP contribution in [0.15, 0.2) is 24.3 Å². The van der Waals surface area contributed by atoms with Gasteiger partial charge in [-0.25, -0.2) is 13.2 Å². The van der Waals surface area contributed by atoms with Gasteiger partial charge in [0.05, 0.1) is 11.5 Å². The molecule has 3 atom stereocenters. The minimum atomic E-state index is -3.42. The Bertz CT molecular complexity index is 763. The first-order valence-corrected chi connectivity index (χ1v) is 9.48. The first-order valence-electron chi connectivity index (χ1n) is 7.28. The normalized spacial score (nSPS) is 29.1. The Morgan fingerprint density at radius 3 is 2.61 bits per heavy atom. The van der Waals surface area contributed by atoms with Gasteiger partial charge >= 0.3 is 5.97 Å². The number of rotatable bonds is 3. The molecule has 1 N–H and O–H groups in total. The third kappa shape index (κ3) is 3.21. The summed E-state index contributed by atoms with van der Waals surface area (Å²) < 4.78 is 23.3. The summed E-state index contributed by atoms with van der Waals surface area (Å²) in [6, 6.07) is 5.96. The van der Waals surface area contributed by atoms with E-state index in [0.29, 0.717) is 11.4 Å². The molecule has 0 spiro atoms. The van der Waals surface area contributed by atoms with Gasteiger partial charge in [-0.3, -0.25) is 4.79 Å². The lowest BCUT2D eigenvalue weighted by Crippen LogP contribution is -2.55. The molecular weight excluding hydrogens is 342 g/mol. The second kappa shape index (κ2) is 5.79. The Balaban J connectivity index is 1.76. The predicted molar refractivity (Wildman–Crippen MR) is 84.1 cm³/mol. The van der Waals surface area contributed by atoms with Crippen molar-refractivity contribution >= 4 is 33.3 Å². The van der Waals surface area contributed by atoms with Crippen LogP contribution in [-0.2, 0) is 19.4 Å². The number of carbonyl (C=O) groups is 2. The van der Waals surface area contributed by atoms with Gasteiger partial charge in [0.2, 0.25) is 5.91 Å². The molecule has 0 bridgehead atoms. The summed E-state index contributed by atoms with van der Waals surface area (Å²) in [5.74, 6) is -2.63. The van der Waals surface area contributed by atoms with Crippen molar-refractivity contribution in [2.45, 2.75) is 18.4 Å². The predicted octanol–water partition coefficient (Wildman–Crippen LogP) is 1.15. The molecule has 1 aliphatic heterocycles. The number of carbonyl (C=O) groups excluding carboxylic acids is 1. The van der Waals surface area contributed by atoms with Crippen LogP contribution in [0.4, 0.5) is 0 Å². The SMILES string of the molecule is O=C(O)C1CS(=O)(=O)CCN1C(=O)C1CC1c1ccccc1Cl. The average molecular weight is 358 g/mol. The van der Waals surface area contributed by atoms with Crippen LogP contribution >= 0.6 is 11.6 Å². The minimum Gasteiger partial charge on any atom is -0.480 e. The lowest BCUT2D eigenvalue weighted by Gasteiger charge is -2.33. The second-order valence-corrected chi connectivity index (χ2v) is 8.61. The monoisotopic (exact) mass is 357 g/mol. The van der Waals surface area contributed by atoms with E-state index in [-0.39, 0.29) is 30.0 Å². The van der Waals surface area contributed by atoms with Gasteiger partial charge in [0.25, 0.3) is 0 Å². The molecule has 1 saturated heterocycles. The van der Waals surface area contributed by atoms with Crippen molar-refractivity contribution in [1.29, 1.82) is 0 Å². The summed E-state index contributed by atoms with van der Waals surface area (Å²) in [6.45, 7) is -0.0656. The van der Waals surface area contributed by atoms with E-state index in [1.54, 1.807) is 12.1 Å². The standard InChI is InChI=1S/C15H16ClNO5S/c16-12-4-2-1-3-9(12)10-7-11(10)14(18)17-5-6-23(21,22)8-13(17)15(19)20/h1-4,10-11,13H,5-8H2,(H,19,20). The van der Waals surface area contributed by atoms with Crippen LogP contribution in [0.2, 0.25) is 5.02 Å². The summed E-state index contributed by atoms with van der Waals surface area (Å²) in [6.07, 6.45) is 0.609. The van der Waals surface area contributed by atoms with E-state index in [1.807, 2.05) is 12.1 Å². The molecule has 1 aromatic carbocycles. The maximum absolute atomic E-state index is 12.6. The van der Waals surface area contributed by atoms with E-state index in [2.05, 4.69) is 0 Å². The van der Waals surface area contributed by atoms with Crippen molar-refractivity contribution in [1.82, 2.24) is 4.90 Å². The van der Waals surface area contributed by atoms with Gasteiger partial charge in [-0.05, 0) is 24.0 Å². The van der Waals surface area contributed by atoms with Crippen molar-refractivity contribution in [2.24, 2.45) is 5.92 Å². The van der Waals surface area contributed by atoms with Gasteiger partial charge in [0.15, 0.2) is 9.84 Å². The van der Waals surface area contributed by atoms with Crippen LogP contribution in [0.5, 0.6) is 0 Å². The summed E-state index contributed by atoms with van der Waals surface area (Å²) in [7, 11) is -3.42. The third-order valence-electron chi connectivity index (χ3n) is 4.41. The van der Waals surface area contributed by atoms with Crippen LogP contribution in [-0.4, -0.2) is 54.4 Å². The van der Waals surface area contributed by atoms with Crippen molar-refractivity contribution in [3.05, 3.63) is 34.9 Å². The molecule has 1 aromatic rings. The van der Waals surface area contributed by atoms with Crippen molar-refractivity contribution < 1.29 is 23.1 Å².